The van der Waals surface area contributed by atoms with Crippen molar-refractivity contribution in [3.8, 4) is 40.2 Å². The first-order valence-corrected chi connectivity index (χ1v) is 25.8. The molecule has 7 rings (SSSR count). The summed E-state index contributed by atoms with van der Waals surface area (Å²) in [4.78, 5) is 92.8. The highest BCUT2D eigenvalue weighted by Crippen LogP contribution is 2.46. The molecule has 4 atom stereocenters. The monoisotopic (exact) mass is 1050 g/mol. The Labute approximate surface area is 442 Å². The predicted molar refractivity (Wildman–Crippen MR) is 278 cm³/mol. The van der Waals surface area contributed by atoms with Gasteiger partial charge in [0.25, 0.3) is 17.7 Å². The van der Waals surface area contributed by atoms with Crippen molar-refractivity contribution in [2.45, 2.75) is 108 Å². The summed E-state index contributed by atoms with van der Waals surface area (Å²) < 4.78 is 39.9. The molecule has 0 bridgehead atoms. The van der Waals surface area contributed by atoms with Gasteiger partial charge in [-0.05, 0) is 123 Å². The van der Waals surface area contributed by atoms with Crippen LogP contribution in [0.2, 0.25) is 0 Å². The second-order valence-corrected chi connectivity index (χ2v) is 18.9. The lowest BCUT2D eigenvalue weighted by molar-refractivity contribution is -0.153. The molecule has 19 nitrogen and oxygen atoms in total. The number of unbranched alkanes of at least 4 members (excludes halogenated alkanes) is 3. The van der Waals surface area contributed by atoms with Crippen LogP contribution in [0.15, 0.2) is 66.7 Å². The van der Waals surface area contributed by atoms with Gasteiger partial charge in [0.05, 0.1) is 59.2 Å². The minimum Gasteiger partial charge on any atom is -0.493 e. The molecule has 0 aromatic heterocycles. The third kappa shape index (κ3) is 12.6. The maximum atomic E-state index is 14.3. The predicted octanol–water partition coefficient (Wildman–Crippen LogP) is 6.79. The van der Waals surface area contributed by atoms with Gasteiger partial charge in [0, 0.05) is 25.1 Å². The second-order valence-electron chi connectivity index (χ2n) is 18.9. The van der Waals surface area contributed by atoms with Crippen molar-refractivity contribution in [2.75, 3.05) is 61.9 Å². The normalized spacial score (nSPS) is 17.6. The Bertz CT molecular complexity index is 2750. The van der Waals surface area contributed by atoms with Crippen molar-refractivity contribution in [3.63, 3.8) is 0 Å². The number of aryl methyl sites for hydroxylation is 2. The maximum absolute atomic E-state index is 14.3. The van der Waals surface area contributed by atoms with E-state index in [-0.39, 0.29) is 67.0 Å². The van der Waals surface area contributed by atoms with Crippen LogP contribution in [0.1, 0.15) is 126 Å². The number of hydrogen-bond donors (Lipinski definition) is 3. The van der Waals surface area contributed by atoms with Gasteiger partial charge in [0.15, 0.2) is 29.6 Å². The topological polar surface area (TPSA) is 235 Å². The van der Waals surface area contributed by atoms with Gasteiger partial charge < -0.3 is 48.5 Å². The number of carboxylic acid groups (broad SMARTS) is 1. The molecule has 6 amide bonds. The van der Waals surface area contributed by atoms with Gasteiger partial charge in [0.2, 0.25) is 23.5 Å². The fraction of sp³-hybridized carbons (Fsp3) is 0.456. The number of ether oxygens (including phenoxy) is 7. The molecule has 406 valence electrons. The number of rotatable bonds is 26. The van der Waals surface area contributed by atoms with E-state index < -0.39 is 47.6 Å². The molecule has 2 fully saturated rings. The van der Waals surface area contributed by atoms with E-state index in [2.05, 4.69) is 10.6 Å². The zero-order chi connectivity index (χ0) is 54.5. The van der Waals surface area contributed by atoms with Gasteiger partial charge in [-0.2, -0.15) is 0 Å². The number of nitrogens with one attached hydrogen (secondary N) is 2. The van der Waals surface area contributed by atoms with Crippen molar-refractivity contribution in [2.24, 2.45) is 0 Å². The molecule has 0 saturated carbocycles. The number of likely N-dealkylation sites (tertiary alicyclic amines) is 1. The fourth-order valence-electron chi connectivity index (χ4n) is 10.5. The highest BCUT2D eigenvalue weighted by Gasteiger charge is 2.46. The van der Waals surface area contributed by atoms with E-state index in [1.165, 1.54) is 32.3 Å². The number of aliphatic carboxylic acids is 1. The summed E-state index contributed by atoms with van der Waals surface area (Å²) in [6.45, 7) is 2.75. The van der Waals surface area contributed by atoms with Crippen molar-refractivity contribution < 1.29 is 71.8 Å². The van der Waals surface area contributed by atoms with Gasteiger partial charge in [-0.15, -0.1) is 0 Å². The average molecular weight is 1050 g/mol. The number of piperidine rings is 2. The molecule has 3 N–H and O–H groups in total. The molecule has 4 aromatic rings. The summed E-state index contributed by atoms with van der Waals surface area (Å²) in [5.74, 6) is -1.66. The number of benzene rings is 4. The molecule has 19 heteroatoms. The number of amides is 6. The average Bonchev–Trinajstić information content (AvgIpc) is 3.71. The molecule has 0 radical (unpaired) electrons. The van der Waals surface area contributed by atoms with Crippen LogP contribution in [0, 0.1) is 0 Å². The molecule has 3 aliphatic rings. The van der Waals surface area contributed by atoms with Crippen LogP contribution >= 0.6 is 0 Å². The van der Waals surface area contributed by atoms with Crippen LogP contribution in [0.25, 0.3) is 0 Å². The van der Waals surface area contributed by atoms with Crippen molar-refractivity contribution in [1.82, 2.24) is 20.4 Å². The van der Waals surface area contributed by atoms with Crippen molar-refractivity contribution in [1.29, 1.82) is 0 Å². The van der Waals surface area contributed by atoms with Crippen LogP contribution in [0.5, 0.6) is 40.2 Å². The summed E-state index contributed by atoms with van der Waals surface area (Å²) in [5, 5.41) is 15.7. The lowest BCUT2D eigenvalue weighted by Gasteiger charge is -2.40. The minimum atomic E-state index is -1.08. The number of nitrogens with zero attached hydrogens (tertiary/aromatic N) is 2. The number of imide groups is 2. The molecular formula is C57H68N4O15. The summed E-state index contributed by atoms with van der Waals surface area (Å²) in [7, 11) is 7.67. The van der Waals surface area contributed by atoms with E-state index in [1.54, 1.807) is 38.5 Å². The molecule has 4 aromatic carbocycles. The van der Waals surface area contributed by atoms with Crippen LogP contribution < -0.4 is 43.8 Å². The van der Waals surface area contributed by atoms with E-state index in [0.717, 1.165) is 53.7 Å². The molecule has 3 heterocycles. The van der Waals surface area contributed by atoms with Gasteiger partial charge >= 0.3 is 5.97 Å². The number of fused-ring (bicyclic) bond motifs is 1. The van der Waals surface area contributed by atoms with Crippen molar-refractivity contribution >= 4 is 41.4 Å². The number of carbonyl (C=O) groups excluding carboxylic acids is 6. The van der Waals surface area contributed by atoms with Gasteiger partial charge in [-0.1, -0.05) is 44.0 Å². The molecule has 0 spiro atoms. The Morgan fingerprint density at radius 1 is 0.750 bits per heavy atom. The van der Waals surface area contributed by atoms with E-state index in [4.69, 9.17) is 33.2 Å². The van der Waals surface area contributed by atoms with Gasteiger partial charge in [0.1, 0.15) is 23.6 Å². The molecule has 2 saturated heterocycles. The van der Waals surface area contributed by atoms with Gasteiger partial charge in [-0.25, -0.2) is 4.79 Å². The number of carboxylic acids is 1. The fourth-order valence-corrected chi connectivity index (χ4v) is 10.5. The third-order valence-electron chi connectivity index (χ3n) is 14.3. The second kappa shape index (κ2) is 26.1. The van der Waals surface area contributed by atoms with Crippen LogP contribution in [0.4, 0.5) is 0 Å². The van der Waals surface area contributed by atoms with Crippen LogP contribution in [-0.4, -0.2) is 130 Å². The molecule has 0 aliphatic carbocycles. The SMILES string of the molecule is CC[C@H](C(=O)N1CCC(c2c(CCCc3ccc(OCC(=O)NCCCCCCOc4cccc5c4C(=O)N(C4CCC(=O)NC4=O)C5=O)cc3)ccc(OC)c2OC)C[C@H]1C(=O)O)c1cc(OC)c(OC)c(OC)c1. The number of hydrogen-bond acceptors (Lipinski definition) is 14. The molecule has 3 aliphatic heterocycles. The van der Waals surface area contributed by atoms with Crippen molar-refractivity contribution in [3.05, 3.63) is 100 Å². The van der Waals surface area contributed by atoms with Crippen LogP contribution in [0.3, 0.4) is 0 Å². The smallest absolute Gasteiger partial charge is 0.326 e. The van der Waals surface area contributed by atoms with E-state index in [9.17, 15) is 38.7 Å². The Hall–Kier alpha value is -7.83. The summed E-state index contributed by atoms with van der Waals surface area (Å²) in [6.07, 6.45) is 6.45. The summed E-state index contributed by atoms with van der Waals surface area (Å²) in [6, 6.07) is 17.6. The minimum absolute atomic E-state index is 0.0384. The third-order valence-corrected chi connectivity index (χ3v) is 14.3. The zero-order valence-electron chi connectivity index (χ0n) is 44.0. The number of carbonyl (C=O) groups is 7. The number of methoxy groups -OCH3 is 5. The van der Waals surface area contributed by atoms with Gasteiger partial charge in [-0.3, -0.25) is 39.0 Å². The van der Waals surface area contributed by atoms with Crippen LogP contribution in [-0.2, 0) is 36.8 Å². The largest absolute Gasteiger partial charge is 0.493 e. The molecular weight excluding hydrogens is 981 g/mol. The van der Waals surface area contributed by atoms with E-state index >= 15 is 0 Å². The lowest BCUT2D eigenvalue weighted by atomic mass is 9.80. The zero-order valence-corrected chi connectivity index (χ0v) is 44.0. The summed E-state index contributed by atoms with van der Waals surface area (Å²) >= 11 is 0. The Morgan fingerprint density at radius 2 is 1.46 bits per heavy atom. The molecule has 76 heavy (non-hydrogen) atoms. The van der Waals surface area contributed by atoms with E-state index in [0.29, 0.717) is 78.9 Å². The first-order chi connectivity index (χ1) is 36.8. The first-order valence-electron chi connectivity index (χ1n) is 25.8. The first kappa shape index (κ1) is 55.9. The highest BCUT2D eigenvalue weighted by atomic mass is 16.5. The maximum Gasteiger partial charge on any atom is 0.326 e. The highest BCUT2D eigenvalue weighted by molar-refractivity contribution is 6.24. The summed E-state index contributed by atoms with van der Waals surface area (Å²) in [5.41, 5.74) is 3.90. The quantitative estimate of drug-likeness (QED) is 0.0434. The Kier molecular flexibility index (Phi) is 19.2. The molecule has 2 unspecified atom stereocenters. The standard InChI is InChI=1S/C57H68N4O15/c1-7-39(37-31-45(71-3)51(73-5)46(32-37)72-4)54(65)60-28-26-36(30-42(60)57(68)69)49-35(20-24-44(70-2)52(49)74-6)15-12-14-34-18-21-38(22-19-34)76-33-48(63)58-27-10-8-9-11-29-75-43-17-13-16-40-50(43)56(67)61(55(40)66)41-23-25-47(62)59-53(41)64/h13,16-22,24,31-32,36,39,41-42H,7-12,14-15,23,25-30,33H2,1-6H3,(H,58,63)(H,68,69)(H,59,62,64)/t36?,39-,41?,42-/m0/s1. The lowest BCUT2D eigenvalue weighted by Crippen LogP contribution is -2.54. The Morgan fingerprint density at radius 3 is 2.12 bits per heavy atom. The Balaban J connectivity index is 0.847. The van der Waals surface area contributed by atoms with E-state index in [1.807, 2.05) is 43.3 Å².